The number of aromatic nitrogens is 2. The third-order valence-corrected chi connectivity index (χ3v) is 2.79. The molecule has 106 valence electrons. The first kappa shape index (κ1) is 14.2. The topological polar surface area (TPSA) is 67.2 Å². The van der Waals surface area contributed by atoms with E-state index in [2.05, 4.69) is 10.4 Å². The summed E-state index contributed by atoms with van der Waals surface area (Å²) >= 11 is 0. The highest BCUT2D eigenvalue weighted by Crippen LogP contribution is 2.12. The summed E-state index contributed by atoms with van der Waals surface area (Å²) in [6.45, 7) is 2.01. The second-order valence-electron chi connectivity index (χ2n) is 4.43. The molecule has 0 radical (unpaired) electrons. The van der Waals surface area contributed by atoms with Crippen LogP contribution in [0.2, 0.25) is 0 Å². The van der Waals surface area contributed by atoms with Crippen molar-refractivity contribution in [1.29, 1.82) is 0 Å². The van der Waals surface area contributed by atoms with Gasteiger partial charge in [0, 0.05) is 6.07 Å². The first-order valence-electron chi connectivity index (χ1n) is 6.28. The number of carbonyl (C=O) groups excluding carboxylic acids is 1. The number of amides is 1. The summed E-state index contributed by atoms with van der Waals surface area (Å²) in [5.74, 6) is -0.227. The first-order valence-corrected chi connectivity index (χ1v) is 6.28. The number of aryl methyl sites for hydroxylation is 1. The van der Waals surface area contributed by atoms with Gasteiger partial charge in [-0.3, -0.25) is 4.79 Å². The molecule has 0 aliphatic rings. The van der Waals surface area contributed by atoms with Gasteiger partial charge in [0.05, 0.1) is 25.3 Å². The number of hydrogen-bond acceptors (Lipinski definition) is 3. The molecule has 0 bridgehead atoms. The summed E-state index contributed by atoms with van der Waals surface area (Å²) in [5, 5.41) is 15.8. The van der Waals surface area contributed by atoms with Crippen LogP contribution in [-0.4, -0.2) is 27.4 Å². The van der Waals surface area contributed by atoms with Crippen LogP contribution >= 0.6 is 0 Å². The normalized spacial score (nSPS) is 10.6. The number of halogens is 1. The maximum atomic E-state index is 13.5. The SMILES string of the molecule is Cc1cc(NC(=O)Cc2ccccc2F)n(CCO)n1. The molecule has 0 aliphatic heterocycles. The number of aliphatic hydroxyl groups is 1. The molecule has 0 unspecified atom stereocenters. The largest absolute Gasteiger partial charge is 0.394 e. The number of nitrogens with one attached hydrogen (secondary N) is 1. The molecule has 1 aromatic heterocycles. The average Bonchev–Trinajstić information content (AvgIpc) is 2.73. The Labute approximate surface area is 116 Å². The van der Waals surface area contributed by atoms with Gasteiger partial charge >= 0.3 is 0 Å². The lowest BCUT2D eigenvalue weighted by atomic mass is 10.1. The van der Waals surface area contributed by atoms with Gasteiger partial charge in [0.25, 0.3) is 0 Å². The minimum absolute atomic E-state index is 0.0456. The number of nitrogens with zero attached hydrogens (tertiary/aromatic N) is 2. The molecule has 0 saturated heterocycles. The lowest BCUT2D eigenvalue weighted by molar-refractivity contribution is -0.115. The molecule has 1 heterocycles. The highest BCUT2D eigenvalue weighted by Gasteiger charge is 2.11. The summed E-state index contributed by atoms with van der Waals surface area (Å²) in [6, 6.07) is 7.87. The van der Waals surface area contributed by atoms with Gasteiger partial charge in [-0.1, -0.05) is 18.2 Å². The van der Waals surface area contributed by atoms with Crippen molar-refractivity contribution in [3.63, 3.8) is 0 Å². The third-order valence-electron chi connectivity index (χ3n) is 2.79. The van der Waals surface area contributed by atoms with Crippen molar-refractivity contribution in [2.75, 3.05) is 11.9 Å². The lowest BCUT2D eigenvalue weighted by Gasteiger charge is -2.08. The Morgan fingerprint density at radius 1 is 1.45 bits per heavy atom. The summed E-state index contributed by atoms with van der Waals surface area (Å²) in [7, 11) is 0. The fourth-order valence-corrected chi connectivity index (χ4v) is 1.91. The van der Waals surface area contributed by atoms with Crippen molar-refractivity contribution < 1.29 is 14.3 Å². The van der Waals surface area contributed by atoms with E-state index in [1.54, 1.807) is 31.2 Å². The Kier molecular flexibility index (Phi) is 4.47. The highest BCUT2D eigenvalue weighted by atomic mass is 19.1. The van der Waals surface area contributed by atoms with Crippen molar-refractivity contribution >= 4 is 11.7 Å². The molecule has 0 atom stereocenters. The summed E-state index contributed by atoms with van der Waals surface area (Å²) < 4.78 is 15.0. The van der Waals surface area contributed by atoms with Crippen molar-refractivity contribution in [3.05, 3.63) is 47.4 Å². The number of aliphatic hydroxyl groups excluding tert-OH is 1. The van der Waals surface area contributed by atoms with E-state index in [1.165, 1.54) is 10.7 Å². The number of hydrogen-bond donors (Lipinski definition) is 2. The van der Waals surface area contributed by atoms with E-state index in [-0.39, 0.29) is 18.9 Å². The maximum absolute atomic E-state index is 13.5. The monoisotopic (exact) mass is 277 g/mol. The lowest BCUT2D eigenvalue weighted by Crippen LogP contribution is -2.18. The van der Waals surface area contributed by atoms with Crippen LogP contribution in [0, 0.1) is 12.7 Å². The Morgan fingerprint density at radius 3 is 2.90 bits per heavy atom. The van der Waals surface area contributed by atoms with Gasteiger partial charge in [-0.25, -0.2) is 9.07 Å². The van der Waals surface area contributed by atoms with Gasteiger partial charge in [-0.05, 0) is 18.6 Å². The van der Waals surface area contributed by atoms with Crippen LogP contribution in [0.25, 0.3) is 0 Å². The minimum atomic E-state index is -0.400. The molecule has 0 fully saturated rings. The molecule has 2 rings (SSSR count). The zero-order valence-corrected chi connectivity index (χ0v) is 11.1. The zero-order valence-electron chi connectivity index (χ0n) is 11.1. The first-order chi connectivity index (χ1) is 9.60. The smallest absolute Gasteiger partial charge is 0.230 e. The van der Waals surface area contributed by atoms with Crippen LogP contribution in [0.4, 0.5) is 10.2 Å². The Balaban J connectivity index is 2.07. The molecule has 1 amide bonds. The maximum Gasteiger partial charge on any atom is 0.230 e. The van der Waals surface area contributed by atoms with Gasteiger partial charge in [-0.2, -0.15) is 5.10 Å². The van der Waals surface area contributed by atoms with Crippen LogP contribution in [0.3, 0.4) is 0 Å². The minimum Gasteiger partial charge on any atom is -0.394 e. The number of carbonyl (C=O) groups is 1. The molecule has 2 aromatic rings. The van der Waals surface area contributed by atoms with Crippen LogP contribution in [0.1, 0.15) is 11.3 Å². The molecule has 6 heteroatoms. The summed E-state index contributed by atoms with van der Waals surface area (Å²) in [5.41, 5.74) is 1.08. The molecular formula is C14H16FN3O2. The standard InChI is InChI=1S/C14H16FN3O2/c1-10-8-13(18(17-10)6-7-19)16-14(20)9-11-4-2-3-5-12(11)15/h2-5,8,19H,6-7,9H2,1H3,(H,16,20). The molecule has 0 spiro atoms. The third kappa shape index (κ3) is 3.42. The quantitative estimate of drug-likeness (QED) is 0.870. The van der Waals surface area contributed by atoms with Crippen molar-refractivity contribution in [2.24, 2.45) is 0 Å². The number of benzene rings is 1. The molecule has 1 aromatic carbocycles. The van der Waals surface area contributed by atoms with E-state index < -0.39 is 5.82 Å². The number of anilines is 1. The van der Waals surface area contributed by atoms with Crippen LogP contribution in [-0.2, 0) is 17.8 Å². The summed E-state index contributed by atoms with van der Waals surface area (Å²) in [4.78, 5) is 11.9. The van der Waals surface area contributed by atoms with Crippen LogP contribution in [0.5, 0.6) is 0 Å². The predicted molar refractivity (Wildman–Crippen MR) is 72.8 cm³/mol. The molecule has 0 saturated carbocycles. The van der Waals surface area contributed by atoms with Crippen molar-refractivity contribution in [2.45, 2.75) is 19.9 Å². The Hall–Kier alpha value is -2.21. The molecule has 0 aliphatic carbocycles. The fraction of sp³-hybridized carbons (Fsp3) is 0.286. The Bertz CT molecular complexity index is 610. The van der Waals surface area contributed by atoms with E-state index in [9.17, 15) is 9.18 Å². The van der Waals surface area contributed by atoms with E-state index in [4.69, 9.17) is 5.11 Å². The Morgan fingerprint density at radius 2 is 2.20 bits per heavy atom. The van der Waals surface area contributed by atoms with Crippen molar-refractivity contribution in [1.82, 2.24) is 9.78 Å². The van der Waals surface area contributed by atoms with Gasteiger partial charge in [0.15, 0.2) is 0 Å². The highest BCUT2D eigenvalue weighted by molar-refractivity contribution is 5.91. The average molecular weight is 277 g/mol. The van der Waals surface area contributed by atoms with Gasteiger partial charge < -0.3 is 10.4 Å². The van der Waals surface area contributed by atoms with Gasteiger partial charge in [0.1, 0.15) is 11.6 Å². The van der Waals surface area contributed by atoms with Crippen LogP contribution in [0.15, 0.2) is 30.3 Å². The molecule has 2 N–H and O–H groups in total. The van der Waals surface area contributed by atoms with E-state index in [1.807, 2.05) is 0 Å². The van der Waals surface area contributed by atoms with Gasteiger partial charge in [0.2, 0.25) is 5.91 Å². The van der Waals surface area contributed by atoms with E-state index in [0.717, 1.165) is 5.69 Å². The number of rotatable bonds is 5. The molecule has 20 heavy (non-hydrogen) atoms. The second-order valence-corrected chi connectivity index (χ2v) is 4.43. The zero-order chi connectivity index (χ0) is 14.5. The van der Waals surface area contributed by atoms with Crippen LogP contribution < -0.4 is 5.32 Å². The van der Waals surface area contributed by atoms with Crippen molar-refractivity contribution in [3.8, 4) is 0 Å². The fourth-order valence-electron chi connectivity index (χ4n) is 1.91. The second kappa shape index (κ2) is 6.29. The molecule has 5 nitrogen and oxygen atoms in total. The van der Waals surface area contributed by atoms with E-state index in [0.29, 0.717) is 17.9 Å². The molecular weight excluding hydrogens is 261 g/mol. The summed E-state index contributed by atoms with van der Waals surface area (Å²) in [6.07, 6.45) is -0.0456. The predicted octanol–water partition coefficient (Wildman–Crippen LogP) is 1.50. The van der Waals surface area contributed by atoms with Gasteiger partial charge in [-0.15, -0.1) is 0 Å². The van der Waals surface area contributed by atoms with E-state index >= 15 is 0 Å².